The van der Waals surface area contributed by atoms with E-state index in [-0.39, 0.29) is 0 Å². The van der Waals surface area contributed by atoms with Gasteiger partial charge in [-0.2, -0.15) is 0 Å². The Balaban J connectivity index is 1.53. The molecule has 0 aliphatic heterocycles. The van der Waals surface area contributed by atoms with Gasteiger partial charge >= 0.3 is 0 Å². The van der Waals surface area contributed by atoms with E-state index in [0.717, 1.165) is 11.3 Å². The fourth-order valence-electron chi connectivity index (χ4n) is 7.65. The Morgan fingerprint density at radius 3 is 2.08 bits per heavy atom. The zero-order valence-corrected chi connectivity index (χ0v) is 23.9. The third-order valence-corrected chi connectivity index (χ3v) is 10.8. The topological polar surface area (TPSA) is 17.8 Å². The van der Waals surface area contributed by atoms with Gasteiger partial charge in [-0.25, -0.2) is 4.98 Å². The number of nitrogens with zero attached hydrogens (tertiary/aromatic N) is 2. The number of hydrogen-bond donors (Lipinski definition) is 0. The normalized spacial score (nSPS) is 17.3. The number of hydrogen-bond acceptors (Lipinski definition) is 2. The molecule has 0 unspecified atom stereocenters. The number of para-hydroxylation sites is 2. The average molecular weight is 541 g/mol. The van der Waals surface area contributed by atoms with Gasteiger partial charge in [-0.05, 0) is 66.8 Å². The summed E-state index contributed by atoms with van der Waals surface area (Å²) in [5.74, 6) is 2.33. The predicted octanol–water partition coefficient (Wildman–Crippen LogP) is 11.2. The molecule has 200 valence electrons. The highest BCUT2D eigenvalue weighted by molar-refractivity contribution is 7.26. The maximum Gasteiger partial charge on any atom is 0.145 e. The highest BCUT2D eigenvalue weighted by Crippen LogP contribution is 2.50. The van der Waals surface area contributed by atoms with E-state index in [1.54, 1.807) is 11.1 Å². The lowest BCUT2D eigenvalue weighted by molar-refractivity contribution is 0.437. The Hall–Kier alpha value is -3.43. The Kier molecular flexibility index (Phi) is 6.21. The molecule has 2 nitrogen and oxygen atoms in total. The lowest BCUT2D eigenvalue weighted by atomic mass is 9.78. The van der Waals surface area contributed by atoms with E-state index in [1.807, 2.05) is 11.3 Å². The van der Waals surface area contributed by atoms with Crippen molar-refractivity contribution in [3.63, 3.8) is 0 Å². The maximum atomic E-state index is 5.30. The first-order valence-electron chi connectivity index (χ1n) is 15.4. The molecular weight excluding hydrogens is 504 g/mol. The number of rotatable bonds is 4. The van der Waals surface area contributed by atoms with Gasteiger partial charge in [0, 0.05) is 25.7 Å². The Morgan fingerprint density at radius 2 is 1.30 bits per heavy atom. The van der Waals surface area contributed by atoms with Crippen LogP contribution in [0.4, 0.5) is 0 Å². The summed E-state index contributed by atoms with van der Waals surface area (Å²) in [5.41, 5.74) is 8.05. The van der Waals surface area contributed by atoms with E-state index >= 15 is 0 Å². The van der Waals surface area contributed by atoms with Gasteiger partial charge in [0.2, 0.25) is 0 Å². The lowest BCUT2D eigenvalue weighted by Gasteiger charge is -2.29. The maximum absolute atomic E-state index is 5.30. The number of aromatic nitrogens is 2. The quantitative estimate of drug-likeness (QED) is 0.217. The second-order valence-corrected chi connectivity index (χ2v) is 13.1. The summed E-state index contributed by atoms with van der Waals surface area (Å²) in [6.45, 7) is 0. The van der Waals surface area contributed by atoms with Crippen molar-refractivity contribution >= 4 is 42.5 Å². The molecule has 0 atom stereocenters. The highest BCUT2D eigenvalue weighted by Gasteiger charge is 2.30. The Bertz CT molecular complexity index is 1810. The molecule has 0 bridgehead atoms. The highest BCUT2D eigenvalue weighted by atomic mass is 32.1. The van der Waals surface area contributed by atoms with Crippen LogP contribution in [0.5, 0.6) is 0 Å². The summed E-state index contributed by atoms with van der Waals surface area (Å²) < 4.78 is 5.46. The third-order valence-electron chi connectivity index (χ3n) is 9.59. The summed E-state index contributed by atoms with van der Waals surface area (Å²) in [5, 5.41) is 2.87. The molecule has 2 aliphatic carbocycles. The van der Waals surface area contributed by atoms with Crippen LogP contribution >= 0.6 is 11.3 Å². The van der Waals surface area contributed by atoms with Gasteiger partial charge < -0.3 is 0 Å². The van der Waals surface area contributed by atoms with Crippen molar-refractivity contribution < 1.29 is 0 Å². The van der Waals surface area contributed by atoms with Gasteiger partial charge in [-0.15, -0.1) is 11.3 Å². The van der Waals surface area contributed by atoms with Crippen molar-refractivity contribution in [2.24, 2.45) is 0 Å². The molecular formula is C37H36N2S. The van der Waals surface area contributed by atoms with Crippen molar-refractivity contribution in [2.45, 2.75) is 76.0 Å². The summed E-state index contributed by atoms with van der Waals surface area (Å²) >= 11 is 2.02. The Labute approximate surface area is 240 Å². The molecule has 0 spiro atoms. The molecule has 8 rings (SSSR count). The second-order valence-electron chi connectivity index (χ2n) is 12.0. The molecule has 40 heavy (non-hydrogen) atoms. The lowest BCUT2D eigenvalue weighted by Crippen LogP contribution is -2.13. The first kappa shape index (κ1) is 24.4. The number of benzene rings is 4. The van der Waals surface area contributed by atoms with Crippen LogP contribution < -0.4 is 0 Å². The van der Waals surface area contributed by atoms with Gasteiger partial charge in [0.05, 0.1) is 16.7 Å². The standard InChI is InChI=1S/C37H36N2S/c1-4-14-25(15-5-1)29-24-30(26-16-6-2-7-17-26)36-34(28-20-10-13-23-33(28)40-36)35(29)39-32-22-12-11-21-31(32)38-37(39)27-18-8-3-9-19-27/h3,8-13,18-26H,1-2,4-7,14-17H2. The van der Waals surface area contributed by atoms with Crippen LogP contribution in [0.3, 0.4) is 0 Å². The minimum Gasteiger partial charge on any atom is -0.291 e. The van der Waals surface area contributed by atoms with Crippen LogP contribution in [0.15, 0.2) is 84.9 Å². The number of imidazole rings is 1. The van der Waals surface area contributed by atoms with Gasteiger partial charge in [0.1, 0.15) is 5.82 Å². The minimum atomic E-state index is 0.596. The molecule has 2 aromatic heterocycles. The van der Waals surface area contributed by atoms with Crippen LogP contribution in [0.25, 0.3) is 48.3 Å². The first-order valence-corrected chi connectivity index (χ1v) is 16.2. The van der Waals surface area contributed by atoms with E-state index in [9.17, 15) is 0 Å². The molecule has 0 radical (unpaired) electrons. The fourth-order valence-corrected chi connectivity index (χ4v) is 8.94. The van der Waals surface area contributed by atoms with E-state index < -0.39 is 0 Å². The molecule has 0 saturated heterocycles. The van der Waals surface area contributed by atoms with E-state index in [0.29, 0.717) is 11.8 Å². The monoisotopic (exact) mass is 540 g/mol. The molecule has 2 saturated carbocycles. The zero-order chi connectivity index (χ0) is 26.5. The van der Waals surface area contributed by atoms with Crippen molar-refractivity contribution in [1.82, 2.24) is 9.55 Å². The average Bonchev–Trinajstić information content (AvgIpc) is 3.61. The largest absolute Gasteiger partial charge is 0.291 e. The molecule has 0 N–H and O–H groups in total. The van der Waals surface area contributed by atoms with Gasteiger partial charge in [-0.1, -0.05) is 105 Å². The number of fused-ring (bicyclic) bond motifs is 4. The molecule has 3 heteroatoms. The van der Waals surface area contributed by atoms with Crippen molar-refractivity contribution in [3.05, 3.63) is 96.1 Å². The van der Waals surface area contributed by atoms with Crippen LogP contribution in [0.2, 0.25) is 0 Å². The van der Waals surface area contributed by atoms with Crippen molar-refractivity contribution in [1.29, 1.82) is 0 Å². The number of thiophene rings is 1. The summed E-state index contributed by atoms with van der Waals surface area (Å²) in [6, 6.07) is 31.4. The predicted molar refractivity (Wildman–Crippen MR) is 171 cm³/mol. The summed E-state index contributed by atoms with van der Waals surface area (Å²) in [4.78, 5) is 5.30. The van der Waals surface area contributed by atoms with E-state index in [1.165, 1.54) is 101 Å². The SMILES string of the molecule is c1ccc(-c2nc3ccccc3n2-c2c(C3CCCCC3)cc(C3CCCCC3)c3sc4ccccc4c23)cc1. The van der Waals surface area contributed by atoms with Gasteiger partial charge in [-0.3, -0.25) is 4.57 Å². The molecule has 2 heterocycles. The molecule has 6 aromatic rings. The first-order chi connectivity index (χ1) is 19.9. The smallest absolute Gasteiger partial charge is 0.145 e. The van der Waals surface area contributed by atoms with E-state index in [2.05, 4.69) is 89.5 Å². The third kappa shape index (κ3) is 4.01. The van der Waals surface area contributed by atoms with Gasteiger partial charge in [0.25, 0.3) is 0 Å². The minimum absolute atomic E-state index is 0.596. The molecule has 0 amide bonds. The van der Waals surface area contributed by atoms with Crippen LogP contribution in [-0.4, -0.2) is 9.55 Å². The van der Waals surface area contributed by atoms with E-state index in [4.69, 9.17) is 4.98 Å². The zero-order valence-electron chi connectivity index (χ0n) is 23.1. The molecule has 2 aliphatic rings. The van der Waals surface area contributed by atoms with Gasteiger partial charge in [0.15, 0.2) is 0 Å². The summed E-state index contributed by atoms with van der Waals surface area (Å²) in [6.07, 6.45) is 13.4. The van der Waals surface area contributed by atoms with Crippen LogP contribution in [0.1, 0.15) is 87.2 Å². The molecule has 2 fully saturated rings. The van der Waals surface area contributed by atoms with Crippen LogP contribution in [0, 0.1) is 0 Å². The summed E-state index contributed by atoms with van der Waals surface area (Å²) in [7, 11) is 0. The molecule has 4 aromatic carbocycles. The van der Waals surface area contributed by atoms with Crippen molar-refractivity contribution in [3.8, 4) is 17.1 Å². The Morgan fingerprint density at radius 1 is 0.650 bits per heavy atom. The van der Waals surface area contributed by atoms with Crippen LogP contribution in [-0.2, 0) is 0 Å². The fraction of sp³-hybridized carbons (Fsp3) is 0.324. The van der Waals surface area contributed by atoms with Crippen molar-refractivity contribution in [2.75, 3.05) is 0 Å². The second kappa shape index (κ2) is 10.2.